The highest BCUT2D eigenvalue weighted by Gasteiger charge is 2.27. The third-order valence-corrected chi connectivity index (χ3v) is 5.81. The number of hydrogen-bond acceptors (Lipinski definition) is 4. The van der Waals surface area contributed by atoms with Gasteiger partial charge in [-0.2, -0.15) is 0 Å². The predicted octanol–water partition coefficient (Wildman–Crippen LogP) is 4.55. The van der Waals surface area contributed by atoms with Crippen LogP contribution in [0, 0.1) is 0 Å². The number of rotatable bonds is 4. The van der Waals surface area contributed by atoms with Gasteiger partial charge >= 0.3 is 0 Å². The standard InChI is InChI=1S/C25H22ClN5O/c26-20-10-7-13-22(18-20)31-24(19-8-3-1-4-9-19)27-23(28-31)25(32)30-16-14-29(15-17-30)21-11-5-2-6-12-21/h1-13,18H,14-17H2. The first-order chi connectivity index (χ1) is 15.7. The lowest BCUT2D eigenvalue weighted by atomic mass is 10.2. The second-order valence-electron chi connectivity index (χ2n) is 7.63. The number of carbonyl (C=O) groups is 1. The summed E-state index contributed by atoms with van der Waals surface area (Å²) in [7, 11) is 0. The average Bonchev–Trinajstić information content (AvgIpc) is 3.30. The van der Waals surface area contributed by atoms with E-state index in [4.69, 9.17) is 11.6 Å². The second kappa shape index (κ2) is 8.85. The third-order valence-electron chi connectivity index (χ3n) is 5.57. The summed E-state index contributed by atoms with van der Waals surface area (Å²) in [6.45, 7) is 2.80. The molecule has 6 nitrogen and oxygen atoms in total. The molecule has 7 heteroatoms. The monoisotopic (exact) mass is 443 g/mol. The summed E-state index contributed by atoms with van der Waals surface area (Å²) in [5.41, 5.74) is 2.82. The van der Waals surface area contributed by atoms with Crippen molar-refractivity contribution in [3.05, 3.63) is 95.8 Å². The van der Waals surface area contributed by atoms with Crippen LogP contribution in [0.5, 0.6) is 0 Å². The van der Waals surface area contributed by atoms with E-state index in [1.165, 1.54) is 5.69 Å². The van der Waals surface area contributed by atoms with Crippen molar-refractivity contribution in [2.75, 3.05) is 31.1 Å². The van der Waals surface area contributed by atoms with Crippen molar-refractivity contribution in [1.82, 2.24) is 19.7 Å². The molecule has 0 aliphatic carbocycles. The number of para-hydroxylation sites is 1. The molecule has 1 amide bonds. The van der Waals surface area contributed by atoms with Gasteiger partial charge in [0.05, 0.1) is 5.69 Å². The summed E-state index contributed by atoms with van der Waals surface area (Å²) in [5, 5.41) is 5.19. The van der Waals surface area contributed by atoms with Crippen molar-refractivity contribution in [3.8, 4) is 17.1 Å². The maximum atomic E-state index is 13.3. The largest absolute Gasteiger partial charge is 0.368 e. The second-order valence-corrected chi connectivity index (χ2v) is 8.07. The summed E-state index contributed by atoms with van der Waals surface area (Å²) in [4.78, 5) is 22.0. The Bertz CT molecular complexity index is 1220. The number of benzene rings is 3. The van der Waals surface area contributed by atoms with Gasteiger partial charge in [0.15, 0.2) is 5.82 Å². The van der Waals surface area contributed by atoms with Gasteiger partial charge < -0.3 is 9.80 Å². The number of halogens is 1. The molecule has 1 aromatic heterocycles. The van der Waals surface area contributed by atoms with E-state index in [1.807, 2.05) is 77.7 Å². The molecular formula is C25H22ClN5O. The Labute approximate surface area is 191 Å². The smallest absolute Gasteiger partial charge is 0.293 e. The van der Waals surface area contributed by atoms with Crippen molar-refractivity contribution in [2.45, 2.75) is 0 Å². The molecule has 2 heterocycles. The molecule has 1 fully saturated rings. The summed E-state index contributed by atoms with van der Waals surface area (Å²) in [5.74, 6) is 0.645. The molecule has 4 aromatic rings. The molecule has 0 atom stereocenters. The highest BCUT2D eigenvalue weighted by atomic mass is 35.5. The van der Waals surface area contributed by atoms with E-state index in [-0.39, 0.29) is 11.7 Å². The van der Waals surface area contributed by atoms with Crippen LogP contribution in [0.1, 0.15) is 10.6 Å². The van der Waals surface area contributed by atoms with E-state index >= 15 is 0 Å². The van der Waals surface area contributed by atoms with E-state index in [2.05, 4.69) is 27.1 Å². The van der Waals surface area contributed by atoms with Crippen LogP contribution in [-0.2, 0) is 0 Å². The van der Waals surface area contributed by atoms with E-state index in [1.54, 1.807) is 4.68 Å². The van der Waals surface area contributed by atoms with Gasteiger partial charge in [0.2, 0.25) is 5.82 Å². The molecule has 160 valence electrons. The van der Waals surface area contributed by atoms with Gasteiger partial charge in [0.25, 0.3) is 5.91 Å². The summed E-state index contributed by atoms with van der Waals surface area (Å²) in [6.07, 6.45) is 0. The number of amides is 1. The van der Waals surface area contributed by atoms with Gasteiger partial charge in [-0.15, -0.1) is 5.10 Å². The van der Waals surface area contributed by atoms with Gasteiger partial charge in [-0.3, -0.25) is 4.79 Å². The maximum Gasteiger partial charge on any atom is 0.293 e. The summed E-state index contributed by atoms with van der Waals surface area (Å²) < 4.78 is 1.69. The lowest BCUT2D eigenvalue weighted by Crippen LogP contribution is -2.49. The summed E-state index contributed by atoms with van der Waals surface area (Å²) >= 11 is 6.21. The summed E-state index contributed by atoms with van der Waals surface area (Å²) in [6, 6.07) is 27.4. The zero-order valence-corrected chi connectivity index (χ0v) is 18.2. The quantitative estimate of drug-likeness (QED) is 0.464. The fourth-order valence-corrected chi connectivity index (χ4v) is 4.10. The highest BCUT2D eigenvalue weighted by molar-refractivity contribution is 6.30. The van der Waals surface area contributed by atoms with Crippen molar-refractivity contribution in [2.24, 2.45) is 0 Å². The van der Waals surface area contributed by atoms with Crippen LogP contribution >= 0.6 is 11.6 Å². The first kappa shape index (κ1) is 20.3. The molecule has 1 saturated heterocycles. The van der Waals surface area contributed by atoms with Crippen LogP contribution in [0.4, 0.5) is 5.69 Å². The van der Waals surface area contributed by atoms with Gasteiger partial charge in [-0.25, -0.2) is 9.67 Å². The predicted molar refractivity (Wildman–Crippen MR) is 126 cm³/mol. The van der Waals surface area contributed by atoms with Crippen LogP contribution in [0.2, 0.25) is 5.02 Å². The van der Waals surface area contributed by atoms with E-state index in [0.717, 1.165) is 24.3 Å². The molecule has 32 heavy (non-hydrogen) atoms. The molecule has 0 bridgehead atoms. The Kier molecular flexibility index (Phi) is 5.60. The fourth-order valence-electron chi connectivity index (χ4n) is 3.91. The van der Waals surface area contributed by atoms with Crippen molar-refractivity contribution in [1.29, 1.82) is 0 Å². The average molecular weight is 444 g/mol. The van der Waals surface area contributed by atoms with E-state index in [0.29, 0.717) is 23.9 Å². The van der Waals surface area contributed by atoms with Gasteiger partial charge in [0.1, 0.15) is 0 Å². The van der Waals surface area contributed by atoms with E-state index in [9.17, 15) is 4.79 Å². The molecule has 0 unspecified atom stereocenters. The molecule has 0 spiro atoms. The van der Waals surface area contributed by atoms with Crippen LogP contribution in [-0.4, -0.2) is 51.8 Å². The first-order valence-electron chi connectivity index (χ1n) is 10.6. The van der Waals surface area contributed by atoms with Crippen LogP contribution < -0.4 is 4.90 Å². The maximum absolute atomic E-state index is 13.3. The van der Waals surface area contributed by atoms with E-state index < -0.39 is 0 Å². The molecule has 3 aromatic carbocycles. The molecule has 0 N–H and O–H groups in total. The zero-order valence-electron chi connectivity index (χ0n) is 17.4. The lowest BCUT2D eigenvalue weighted by Gasteiger charge is -2.35. The minimum Gasteiger partial charge on any atom is -0.368 e. The molecule has 0 radical (unpaired) electrons. The van der Waals surface area contributed by atoms with Crippen LogP contribution in [0.15, 0.2) is 84.9 Å². The Morgan fingerprint density at radius 3 is 2.12 bits per heavy atom. The van der Waals surface area contributed by atoms with Crippen molar-refractivity contribution < 1.29 is 4.79 Å². The number of aromatic nitrogens is 3. The topological polar surface area (TPSA) is 54.3 Å². The lowest BCUT2D eigenvalue weighted by molar-refractivity contribution is 0.0734. The van der Waals surface area contributed by atoms with Gasteiger partial charge in [-0.1, -0.05) is 66.2 Å². The number of nitrogens with zero attached hydrogens (tertiary/aromatic N) is 5. The number of piperazine rings is 1. The van der Waals surface area contributed by atoms with Crippen molar-refractivity contribution >= 4 is 23.2 Å². The SMILES string of the molecule is O=C(c1nc(-c2ccccc2)n(-c2cccc(Cl)c2)n1)N1CCN(c2ccccc2)CC1. The normalized spacial score (nSPS) is 13.9. The molecule has 5 rings (SSSR count). The number of hydrogen-bond donors (Lipinski definition) is 0. The highest BCUT2D eigenvalue weighted by Crippen LogP contribution is 2.24. The minimum absolute atomic E-state index is 0.157. The minimum atomic E-state index is -0.157. The Morgan fingerprint density at radius 2 is 1.44 bits per heavy atom. The molecular weight excluding hydrogens is 422 g/mol. The molecule has 0 saturated carbocycles. The number of carbonyl (C=O) groups excluding carboxylic acids is 1. The Balaban J connectivity index is 1.42. The van der Waals surface area contributed by atoms with Gasteiger partial charge in [0, 0.05) is 42.5 Å². The number of anilines is 1. The van der Waals surface area contributed by atoms with Crippen molar-refractivity contribution in [3.63, 3.8) is 0 Å². The molecule has 1 aliphatic heterocycles. The third kappa shape index (κ3) is 4.09. The molecule has 1 aliphatic rings. The first-order valence-corrected chi connectivity index (χ1v) is 10.9. The Morgan fingerprint density at radius 1 is 0.781 bits per heavy atom. The Hall–Kier alpha value is -3.64. The fraction of sp³-hybridized carbons (Fsp3) is 0.160. The zero-order chi connectivity index (χ0) is 21.9. The van der Waals surface area contributed by atoms with Crippen LogP contribution in [0.25, 0.3) is 17.1 Å². The van der Waals surface area contributed by atoms with Crippen LogP contribution in [0.3, 0.4) is 0 Å². The van der Waals surface area contributed by atoms with Gasteiger partial charge in [-0.05, 0) is 30.3 Å².